The van der Waals surface area contributed by atoms with E-state index < -0.39 is 21.5 Å². The number of benzene rings is 1. The van der Waals surface area contributed by atoms with Gasteiger partial charge >= 0.3 is 5.69 Å². The molecule has 0 unspecified atom stereocenters. The van der Waals surface area contributed by atoms with Crippen LogP contribution >= 0.6 is 47.0 Å². The number of hydrogen-bond acceptors (Lipinski definition) is 6. The van der Waals surface area contributed by atoms with Gasteiger partial charge in [0.05, 0.1) is 22.6 Å². The van der Waals surface area contributed by atoms with E-state index in [9.17, 15) is 14.9 Å². The molecule has 12 heteroatoms. The number of nitro benzene ring substituents is 1. The van der Waals surface area contributed by atoms with Gasteiger partial charge in [-0.15, -0.1) is 0 Å². The van der Waals surface area contributed by atoms with E-state index in [1.807, 2.05) is 0 Å². The van der Waals surface area contributed by atoms with Crippen molar-refractivity contribution >= 4 is 69.5 Å². The number of nitrogens with one attached hydrogen (secondary N) is 2. The number of imidazole rings is 1. The summed E-state index contributed by atoms with van der Waals surface area (Å²) in [6, 6.07) is 1.07. The smallest absolute Gasteiger partial charge is 0.307 e. The maximum absolute atomic E-state index is 12.3. The van der Waals surface area contributed by atoms with E-state index in [1.165, 1.54) is 13.3 Å². The van der Waals surface area contributed by atoms with Crippen LogP contribution < -0.4 is 5.32 Å². The number of hydrogen-bond donors (Lipinski definition) is 2. The number of halogens is 3. The van der Waals surface area contributed by atoms with E-state index in [1.54, 1.807) is 0 Å². The number of rotatable bonds is 4. The molecule has 0 aliphatic rings. The van der Waals surface area contributed by atoms with Gasteiger partial charge in [0.1, 0.15) is 10.0 Å². The molecule has 0 atom stereocenters. The molecule has 0 saturated heterocycles. The molecular formula is C12H7Cl3N4O4S. The van der Waals surface area contributed by atoms with Crippen molar-refractivity contribution in [3.05, 3.63) is 48.8 Å². The minimum atomic E-state index is -0.804. The Labute approximate surface area is 155 Å². The van der Waals surface area contributed by atoms with Crippen molar-refractivity contribution in [2.24, 2.45) is 0 Å². The highest BCUT2D eigenvalue weighted by Crippen LogP contribution is 2.39. The van der Waals surface area contributed by atoms with E-state index in [4.69, 9.17) is 51.8 Å². The fraction of sp³-hybridized carbons (Fsp3) is 0.0833. The van der Waals surface area contributed by atoms with Gasteiger partial charge in [0.25, 0.3) is 5.91 Å². The third-order valence-corrected chi connectivity index (χ3v) is 4.07. The molecule has 0 aliphatic heterocycles. The number of ether oxygens (including phenoxy) is 1. The van der Waals surface area contributed by atoms with Crippen LogP contribution in [0.15, 0.2) is 12.3 Å². The summed E-state index contributed by atoms with van der Waals surface area (Å²) in [5.74, 6) is -0.479. The Kier molecular flexibility index (Phi) is 5.60. The molecule has 2 rings (SSSR count). The molecule has 24 heavy (non-hydrogen) atoms. The Morgan fingerprint density at radius 2 is 2.08 bits per heavy atom. The third kappa shape index (κ3) is 3.59. The predicted octanol–water partition coefficient (Wildman–Crippen LogP) is 3.85. The number of thiocarbonyl (C=S) groups is 1. The van der Waals surface area contributed by atoms with Crippen LogP contribution in [0, 0.1) is 10.1 Å². The number of carbonyl (C=O) groups excluding carboxylic acids is 1. The third-order valence-electron chi connectivity index (χ3n) is 2.75. The number of nitro groups is 1. The molecule has 0 bridgehead atoms. The second-order valence-electron chi connectivity index (χ2n) is 4.21. The molecule has 1 amide bonds. The first-order valence-electron chi connectivity index (χ1n) is 6.03. The number of carbonyl (C=O) groups is 1. The average Bonchev–Trinajstić information content (AvgIpc) is 2.93. The lowest BCUT2D eigenvalue weighted by atomic mass is 10.2. The van der Waals surface area contributed by atoms with Crippen LogP contribution in [0.4, 0.5) is 11.5 Å². The van der Waals surface area contributed by atoms with E-state index >= 15 is 0 Å². The van der Waals surface area contributed by atoms with Crippen molar-refractivity contribution in [3.63, 3.8) is 0 Å². The van der Waals surface area contributed by atoms with Crippen LogP contribution in [0.2, 0.25) is 15.1 Å². The molecule has 0 spiro atoms. The maximum atomic E-state index is 12.3. The lowest BCUT2D eigenvalue weighted by Crippen LogP contribution is -2.14. The molecule has 1 heterocycles. The Balaban J connectivity index is 2.37. The maximum Gasteiger partial charge on any atom is 0.307 e. The molecule has 0 aliphatic carbocycles. The van der Waals surface area contributed by atoms with E-state index in [2.05, 4.69) is 15.3 Å². The first-order valence-corrected chi connectivity index (χ1v) is 7.57. The molecule has 2 aromatic rings. The normalized spacial score (nSPS) is 10.3. The summed E-state index contributed by atoms with van der Waals surface area (Å²) in [5.41, 5.74) is -0.913. The number of aromatic nitrogens is 2. The van der Waals surface area contributed by atoms with Crippen molar-refractivity contribution in [2.45, 2.75) is 0 Å². The Morgan fingerprint density at radius 3 is 2.67 bits per heavy atom. The zero-order valence-electron chi connectivity index (χ0n) is 11.7. The number of amides is 1. The summed E-state index contributed by atoms with van der Waals surface area (Å²) in [6.07, 6.45) is 1.35. The summed E-state index contributed by atoms with van der Waals surface area (Å²) >= 11 is 22.5. The molecule has 8 nitrogen and oxygen atoms in total. The van der Waals surface area contributed by atoms with Crippen LogP contribution in [0.3, 0.4) is 0 Å². The summed E-state index contributed by atoms with van der Waals surface area (Å²) in [5, 5.41) is 12.6. The van der Waals surface area contributed by atoms with Gasteiger partial charge < -0.3 is 15.0 Å². The Morgan fingerprint density at radius 1 is 1.42 bits per heavy atom. The van der Waals surface area contributed by atoms with Crippen molar-refractivity contribution in [1.82, 2.24) is 9.97 Å². The lowest BCUT2D eigenvalue weighted by Gasteiger charge is -2.08. The highest BCUT2D eigenvalue weighted by atomic mass is 35.5. The highest BCUT2D eigenvalue weighted by molar-refractivity contribution is 7.80. The lowest BCUT2D eigenvalue weighted by molar-refractivity contribution is -0.384. The molecule has 0 fully saturated rings. The van der Waals surface area contributed by atoms with Crippen LogP contribution in [0.25, 0.3) is 0 Å². The van der Waals surface area contributed by atoms with Crippen LogP contribution in [0.1, 0.15) is 16.2 Å². The molecule has 1 aromatic carbocycles. The number of nitrogens with zero attached hydrogens (tertiary/aromatic N) is 2. The van der Waals surface area contributed by atoms with Crippen molar-refractivity contribution in [1.29, 1.82) is 0 Å². The zero-order chi connectivity index (χ0) is 18.0. The molecule has 126 valence electrons. The minimum Gasteiger partial charge on any atom is -0.484 e. The van der Waals surface area contributed by atoms with Gasteiger partial charge in [-0.3, -0.25) is 14.9 Å². The summed E-state index contributed by atoms with van der Waals surface area (Å²) < 4.78 is 4.83. The molecular weight excluding hydrogens is 403 g/mol. The van der Waals surface area contributed by atoms with Crippen LogP contribution in [-0.4, -0.2) is 33.0 Å². The van der Waals surface area contributed by atoms with Gasteiger partial charge in [0.2, 0.25) is 5.05 Å². The number of anilines is 1. The number of aromatic amines is 1. The first kappa shape index (κ1) is 18.4. The molecule has 1 aromatic heterocycles. The van der Waals surface area contributed by atoms with Crippen LogP contribution in [0.5, 0.6) is 0 Å². The predicted molar refractivity (Wildman–Crippen MR) is 93.4 cm³/mol. The van der Waals surface area contributed by atoms with Crippen LogP contribution in [-0.2, 0) is 4.74 Å². The number of H-pyrrole nitrogens is 1. The SMILES string of the molecule is COC(=S)c1nc(NC(=O)c2c(Cl)cc(Cl)c([N+](=O)[O-])c2Cl)c[nH]1. The second kappa shape index (κ2) is 7.31. The Bertz CT molecular complexity index is 855. The van der Waals surface area contributed by atoms with E-state index in [-0.39, 0.29) is 32.3 Å². The molecule has 2 N–H and O–H groups in total. The first-order chi connectivity index (χ1) is 11.3. The number of methoxy groups -OCH3 is 1. The minimum absolute atomic E-state index is 0.0914. The van der Waals surface area contributed by atoms with E-state index in [0.717, 1.165) is 6.07 Å². The highest BCUT2D eigenvalue weighted by Gasteiger charge is 2.28. The van der Waals surface area contributed by atoms with Crippen molar-refractivity contribution in [3.8, 4) is 0 Å². The fourth-order valence-electron chi connectivity index (χ4n) is 1.72. The van der Waals surface area contributed by atoms with Gasteiger partial charge in [-0.1, -0.05) is 34.8 Å². The standard InChI is InChI=1S/C12H7Cl3N4O4S/c1-23-12(24)10-16-3-6(17-10)18-11(20)7-4(13)2-5(14)9(8(7)15)19(21)22/h2-3H,1H3,(H,16,17)(H,18,20). The average molecular weight is 410 g/mol. The molecule has 0 radical (unpaired) electrons. The fourth-order valence-corrected chi connectivity index (χ4v) is 2.90. The van der Waals surface area contributed by atoms with Crippen molar-refractivity contribution in [2.75, 3.05) is 12.4 Å². The summed E-state index contributed by atoms with van der Waals surface area (Å²) in [7, 11) is 1.37. The second-order valence-corrected chi connectivity index (χ2v) is 5.78. The monoisotopic (exact) mass is 408 g/mol. The van der Waals surface area contributed by atoms with Crippen molar-refractivity contribution < 1.29 is 14.5 Å². The van der Waals surface area contributed by atoms with Gasteiger partial charge in [0, 0.05) is 6.20 Å². The van der Waals surface area contributed by atoms with Gasteiger partial charge in [-0.2, -0.15) is 0 Å². The molecule has 0 saturated carbocycles. The zero-order valence-corrected chi connectivity index (χ0v) is 14.8. The quantitative estimate of drug-likeness (QED) is 0.451. The van der Waals surface area contributed by atoms with E-state index in [0.29, 0.717) is 0 Å². The van der Waals surface area contributed by atoms with Gasteiger partial charge in [0.15, 0.2) is 11.6 Å². The van der Waals surface area contributed by atoms with Gasteiger partial charge in [-0.25, -0.2) is 4.98 Å². The topological polar surface area (TPSA) is 110 Å². The van der Waals surface area contributed by atoms with Gasteiger partial charge in [-0.05, 0) is 18.3 Å². The largest absolute Gasteiger partial charge is 0.484 e. The summed E-state index contributed by atoms with van der Waals surface area (Å²) in [4.78, 5) is 29.2. The summed E-state index contributed by atoms with van der Waals surface area (Å²) in [6.45, 7) is 0. The Hall–Kier alpha value is -1.94.